The van der Waals surface area contributed by atoms with Gasteiger partial charge in [0.05, 0.1) is 11.4 Å². The summed E-state index contributed by atoms with van der Waals surface area (Å²) < 4.78 is 14.6. The second-order valence-corrected chi connectivity index (χ2v) is 9.31. The molecule has 0 aliphatic carbocycles. The highest BCUT2D eigenvalue weighted by atomic mass is 35.5. The van der Waals surface area contributed by atoms with E-state index >= 15 is 0 Å². The molecule has 1 saturated heterocycles. The van der Waals surface area contributed by atoms with Crippen LogP contribution in [0.5, 0.6) is 0 Å². The van der Waals surface area contributed by atoms with Gasteiger partial charge < -0.3 is 11.1 Å². The van der Waals surface area contributed by atoms with Crippen LogP contribution in [0.4, 0.5) is 10.2 Å². The smallest absolute Gasteiger partial charge is 0.132 e. The minimum absolute atomic E-state index is 0. The second kappa shape index (κ2) is 12.1. The fraction of sp³-hybridized carbons (Fsp3) is 0.200. The number of aromatic nitrogens is 5. The number of hydrogen-bond donors (Lipinski definition) is 3. The lowest BCUT2D eigenvalue weighted by atomic mass is 9.90. The normalized spacial score (nSPS) is 13.4. The molecule has 4 aromatic heterocycles. The standard InChI is InChI=1S/C25H22FN7S.3ClH/c26-21-2-1-16(25-29-7-8-34-25)17-10-22(30-12-20(17)21)18-9-15(11-31-24(18)27)19-13-32-33-23(19)14-3-5-28-6-4-14;;;/h1-2,7-14,28H,3-6H2,(H2,27,31)(H,32,33);3*1H. The third-order valence-corrected chi connectivity index (χ3v) is 7.22. The van der Waals surface area contributed by atoms with Gasteiger partial charge >= 0.3 is 0 Å². The number of pyridine rings is 2. The van der Waals surface area contributed by atoms with Crippen LogP contribution in [0.15, 0.2) is 54.4 Å². The predicted octanol–water partition coefficient (Wildman–Crippen LogP) is 6.26. The van der Waals surface area contributed by atoms with E-state index in [4.69, 9.17) is 5.73 Å². The molecule has 0 atom stereocenters. The zero-order valence-electron chi connectivity index (χ0n) is 19.5. The minimum atomic E-state index is -0.320. The molecule has 0 bridgehead atoms. The molecule has 12 heteroatoms. The lowest BCUT2D eigenvalue weighted by molar-refractivity contribution is 0.453. The van der Waals surface area contributed by atoms with E-state index in [0.717, 1.165) is 58.7 Å². The number of hydrogen-bond acceptors (Lipinski definition) is 7. The first-order valence-electron chi connectivity index (χ1n) is 11.2. The van der Waals surface area contributed by atoms with Gasteiger partial charge in [-0.3, -0.25) is 10.1 Å². The average molecular weight is 581 g/mol. The summed E-state index contributed by atoms with van der Waals surface area (Å²) in [6, 6.07) is 7.08. The van der Waals surface area contributed by atoms with Crippen molar-refractivity contribution in [2.45, 2.75) is 18.8 Å². The number of benzene rings is 1. The van der Waals surface area contributed by atoms with Gasteiger partial charge in [-0.05, 0) is 55.6 Å². The number of H-pyrrole nitrogens is 1. The molecule has 5 heterocycles. The lowest BCUT2D eigenvalue weighted by Gasteiger charge is -2.22. The quantitative estimate of drug-likeness (QED) is 0.232. The highest BCUT2D eigenvalue weighted by Gasteiger charge is 2.22. The van der Waals surface area contributed by atoms with Crippen molar-refractivity contribution in [3.8, 4) is 33.0 Å². The molecule has 6 rings (SSSR count). The van der Waals surface area contributed by atoms with Gasteiger partial charge in [-0.2, -0.15) is 5.10 Å². The van der Waals surface area contributed by atoms with E-state index in [-0.39, 0.29) is 43.0 Å². The molecule has 37 heavy (non-hydrogen) atoms. The molecular weight excluding hydrogens is 556 g/mol. The maximum atomic E-state index is 14.6. The Bertz CT molecular complexity index is 1490. The third-order valence-electron chi connectivity index (χ3n) is 6.41. The monoisotopic (exact) mass is 579 g/mol. The fourth-order valence-electron chi connectivity index (χ4n) is 4.66. The molecule has 0 unspecified atom stereocenters. The van der Waals surface area contributed by atoms with Crippen LogP contribution < -0.4 is 11.1 Å². The van der Waals surface area contributed by atoms with Crippen molar-refractivity contribution in [1.29, 1.82) is 0 Å². The number of nitrogens with one attached hydrogen (secondary N) is 2. The predicted molar refractivity (Wildman–Crippen MR) is 155 cm³/mol. The van der Waals surface area contributed by atoms with Crippen LogP contribution in [-0.4, -0.2) is 38.2 Å². The Balaban J connectivity index is 0.00000127. The zero-order chi connectivity index (χ0) is 23.1. The number of halogens is 4. The van der Waals surface area contributed by atoms with Gasteiger partial charge in [0.2, 0.25) is 0 Å². The van der Waals surface area contributed by atoms with E-state index in [1.54, 1.807) is 24.7 Å². The van der Waals surface area contributed by atoms with Crippen LogP contribution in [0.1, 0.15) is 24.5 Å². The molecule has 5 aromatic rings. The Hall–Kier alpha value is -2.82. The number of aromatic amines is 1. The molecule has 4 N–H and O–H groups in total. The van der Waals surface area contributed by atoms with Crippen molar-refractivity contribution in [3.05, 3.63) is 65.9 Å². The van der Waals surface area contributed by atoms with E-state index in [9.17, 15) is 4.39 Å². The topological polar surface area (TPSA) is 105 Å². The Morgan fingerprint density at radius 2 is 1.73 bits per heavy atom. The number of nitrogen functional groups attached to an aromatic ring is 1. The van der Waals surface area contributed by atoms with Crippen LogP contribution >= 0.6 is 48.6 Å². The first kappa shape index (κ1) is 28.7. The van der Waals surface area contributed by atoms with Gasteiger partial charge in [-0.15, -0.1) is 48.6 Å². The van der Waals surface area contributed by atoms with Crippen LogP contribution in [0.2, 0.25) is 0 Å². The van der Waals surface area contributed by atoms with Gasteiger partial charge in [0.15, 0.2) is 0 Å². The first-order chi connectivity index (χ1) is 16.7. The molecular formula is C25H25Cl3FN7S. The summed E-state index contributed by atoms with van der Waals surface area (Å²) in [4.78, 5) is 13.4. The largest absolute Gasteiger partial charge is 0.383 e. The summed E-state index contributed by atoms with van der Waals surface area (Å²) in [7, 11) is 0. The summed E-state index contributed by atoms with van der Waals surface area (Å²) in [6.45, 7) is 1.97. The number of anilines is 1. The second-order valence-electron chi connectivity index (χ2n) is 8.41. The molecule has 1 aliphatic heterocycles. The Kier molecular flexibility index (Phi) is 9.44. The number of rotatable bonds is 4. The molecule has 7 nitrogen and oxygen atoms in total. The summed E-state index contributed by atoms with van der Waals surface area (Å²) in [5.41, 5.74) is 11.5. The molecule has 0 radical (unpaired) electrons. The van der Waals surface area contributed by atoms with Gasteiger partial charge in [0.1, 0.15) is 16.6 Å². The first-order valence-corrected chi connectivity index (χ1v) is 12.1. The minimum Gasteiger partial charge on any atom is -0.383 e. The van der Waals surface area contributed by atoms with Crippen molar-refractivity contribution >= 4 is 65.1 Å². The van der Waals surface area contributed by atoms with Crippen LogP contribution in [0, 0.1) is 5.82 Å². The van der Waals surface area contributed by atoms with Crippen LogP contribution in [0.25, 0.3) is 43.7 Å². The number of fused-ring (bicyclic) bond motifs is 1. The van der Waals surface area contributed by atoms with Crippen molar-refractivity contribution in [2.75, 3.05) is 18.8 Å². The maximum absolute atomic E-state index is 14.6. The van der Waals surface area contributed by atoms with E-state index in [2.05, 4.69) is 30.5 Å². The van der Waals surface area contributed by atoms with E-state index in [0.29, 0.717) is 28.4 Å². The van der Waals surface area contributed by atoms with Crippen molar-refractivity contribution in [2.24, 2.45) is 0 Å². The highest BCUT2D eigenvalue weighted by molar-refractivity contribution is 7.13. The highest BCUT2D eigenvalue weighted by Crippen LogP contribution is 2.37. The SMILES string of the molecule is Cl.Cl.Cl.Nc1ncc(-c2c[nH]nc2C2CCNCC2)cc1-c1cc2c(-c3nccs3)ccc(F)c2cn1. The van der Waals surface area contributed by atoms with Gasteiger partial charge in [0, 0.05) is 63.7 Å². The summed E-state index contributed by atoms with van der Waals surface area (Å²) >= 11 is 1.51. The molecule has 194 valence electrons. The van der Waals surface area contributed by atoms with Crippen molar-refractivity contribution in [3.63, 3.8) is 0 Å². The van der Waals surface area contributed by atoms with E-state index < -0.39 is 0 Å². The number of nitrogens with zero attached hydrogens (tertiary/aromatic N) is 4. The van der Waals surface area contributed by atoms with Gasteiger partial charge in [-0.25, -0.2) is 14.4 Å². The molecule has 1 fully saturated rings. The van der Waals surface area contributed by atoms with E-state index in [1.165, 1.54) is 17.4 Å². The average Bonchev–Trinajstić information content (AvgIpc) is 3.58. The Labute approximate surface area is 235 Å². The van der Waals surface area contributed by atoms with Crippen molar-refractivity contribution in [1.82, 2.24) is 30.5 Å². The lowest BCUT2D eigenvalue weighted by Crippen LogP contribution is -2.27. The maximum Gasteiger partial charge on any atom is 0.132 e. The van der Waals surface area contributed by atoms with E-state index in [1.807, 2.05) is 23.7 Å². The summed E-state index contributed by atoms with van der Waals surface area (Å²) in [5, 5.41) is 14.9. The van der Waals surface area contributed by atoms with Gasteiger partial charge in [-0.1, -0.05) is 0 Å². The number of thiazole rings is 1. The zero-order valence-corrected chi connectivity index (χ0v) is 22.7. The number of nitrogens with two attached hydrogens (primary N) is 1. The molecule has 1 aromatic carbocycles. The Morgan fingerprint density at radius 1 is 0.919 bits per heavy atom. The van der Waals surface area contributed by atoms with Gasteiger partial charge in [0.25, 0.3) is 0 Å². The fourth-order valence-corrected chi connectivity index (χ4v) is 5.34. The Morgan fingerprint density at radius 3 is 2.49 bits per heavy atom. The third kappa shape index (κ3) is 5.42. The molecule has 0 amide bonds. The van der Waals surface area contributed by atoms with Crippen LogP contribution in [-0.2, 0) is 0 Å². The molecule has 0 spiro atoms. The number of piperidine rings is 1. The molecule has 1 aliphatic rings. The molecule has 0 saturated carbocycles. The summed E-state index contributed by atoms with van der Waals surface area (Å²) in [6.07, 6.45) is 9.08. The summed E-state index contributed by atoms with van der Waals surface area (Å²) in [5.74, 6) is 0.444. The van der Waals surface area contributed by atoms with Crippen LogP contribution in [0.3, 0.4) is 0 Å². The van der Waals surface area contributed by atoms with Crippen molar-refractivity contribution < 1.29 is 4.39 Å².